The Balaban J connectivity index is 1.58. The molecule has 10 heteroatoms. The first-order valence-corrected chi connectivity index (χ1v) is 11.4. The zero-order valence-corrected chi connectivity index (χ0v) is 18.2. The highest BCUT2D eigenvalue weighted by Gasteiger charge is 2.22. The maximum Gasteiger partial charge on any atom is 0.242 e. The summed E-state index contributed by atoms with van der Waals surface area (Å²) in [5.74, 6) is -0.727. The smallest absolute Gasteiger partial charge is 0.242 e. The average Bonchev–Trinajstić information content (AvgIpc) is 2.74. The van der Waals surface area contributed by atoms with Crippen LogP contribution in [0.15, 0.2) is 53.4 Å². The molecule has 9 nitrogen and oxygen atoms in total. The van der Waals surface area contributed by atoms with E-state index in [0.29, 0.717) is 24.6 Å². The van der Waals surface area contributed by atoms with Crippen LogP contribution in [0.2, 0.25) is 0 Å². The molecule has 0 radical (unpaired) electrons. The first-order chi connectivity index (χ1) is 14.7. The molecule has 2 amide bonds. The number of morpholine rings is 1. The van der Waals surface area contributed by atoms with Crippen molar-refractivity contribution in [2.75, 3.05) is 41.8 Å². The monoisotopic (exact) mass is 446 g/mol. The molecule has 2 aromatic rings. The molecule has 0 unspecified atom stereocenters. The van der Waals surface area contributed by atoms with Crippen molar-refractivity contribution in [1.82, 2.24) is 4.72 Å². The predicted molar refractivity (Wildman–Crippen MR) is 119 cm³/mol. The quantitative estimate of drug-likeness (QED) is 0.597. The SMILES string of the molecule is CC(=O)Nc1ccc(S(=O)(=O)N[C@@H](C)C(=O)Nc2ccc(N3CCOCC3)cc2)cc1. The maximum atomic E-state index is 12.6. The standard InChI is InChI=1S/C21H26N4O5S/c1-15(24-31(28,29)20-9-5-17(6-10-20)22-16(2)26)21(27)23-18-3-7-19(8-4-18)25-11-13-30-14-12-25/h3-10,15,24H,11-14H2,1-2H3,(H,22,26)(H,23,27)/t15-/m0/s1. The molecule has 166 valence electrons. The number of amides is 2. The summed E-state index contributed by atoms with van der Waals surface area (Å²) >= 11 is 0. The van der Waals surface area contributed by atoms with Gasteiger partial charge < -0.3 is 20.3 Å². The molecule has 1 fully saturated rings. The van der Waals surface area contributed by atoms with Crippen LogP contribution in [0.25, 0.3) is 0 Å². The molecule has 1 heterocycles. The van der Waals surface area contributed by atoms with Gasteiger partial charge in [0.05, 0.1) is 24.2 Å². The van der Waals surface area contributed by atoms with E-state index in [0.717, 1.165) is 18.8 Å². The third-order valence-electron chi connectivity index (χ3n) is 4.72. The molecule has 0 aromatic heterocycles. The molecule has 3 rings (SSSR count). The maximum absolute atomic E-state index is 12.6. The summed E-state index contributed by atoms with van der Waals surface area (Å²) in [6.45, 7) is 5.84. The van der Waals surface area contributed by atoms with Crippen LogP contribution >= 0.6 is 0 Å². The molecular formula is C21H26N4O5S. The molecule has 1 saturated heterocycles. The Morgan fingerprint density at radius 1 is 0.935 bits per heavy atom. The van der Waals surface area contributed by atoms with Crippen molar-refractivity contribution in [3.8, 4) is 0 Å². The molecule has 31 heavy (non-hydrogen) atoms. The number of carbonyl (C=O) groups is 2. The van der Waals surface area contributed by atoms with Crippen LogP contribution in [-0.4, -0.2) is 52.6 Å². The van der Waals surface area contributed by atoms with Gasteiger partial charge in [-0.1, -0.05) is 0 Å². The van der Waals surface area contributed by atoms with Crippen molar-refractivity contribution in [3.63, 3.8) is 0 Å². The number of anilines is 3. The topological polar surface area (TPSA) is 117 Å². The second-order valence-electron chi connectivity index (χ2n) is 7.18. The summed E-state index contributed by atoms with van der Waals surface area (Å²) in [6, 6.07) is 12.1. The molecule has 3 N–H and O–H groups in total. The van der Waals surface area contributed by atoms with Crippen LogP contribution in [0, 0.1) is 0 Å². The van der Waals surface area contributed by atoms with Crippen molar-refractivity contribution in [2.45, 2.75) is 24.8 Å². The van der Waals surface area contributed by atoms with E-state index in [1.807, 2.05) is 12.1 Å². The van der Waals surface area contributed by atoms with Gasteiger partial charge in [0.2, 0.25) is 21.8 Å². The highest BCUT2D eigenvalue weighted by Crippen LogP contribution is 2.19. The minimum atomic E-state index is -3.91. The Bertz CT molecular complexity index is 1020. The van der Waals surface area contributed by atoms with Gasteiger partial charge in [0.15, 0.2) is 0 Å². The lowest BCUT2D eigenvalue weighted by atomic mass is 10.2. The number of hydrogen-bond acceptors (Lipinski definition) is 6. The average molecular weight is 447 g/mol. The molecule has 0 saturated carbocycles. The third-order valence-corrected chi connectivity index (χ3v) is 6.28. The summed E-state index contributed by atoms with van der Waals surface area (Å²) in [6.07, 6.45) is 0. The Morgan fingerprint density at radius 3 is 2.06 bits per heavy atom. The first kappa shape index (κ1) is 22.7. The third kappa shape index (κ3) is 6.27. The number of hydrogen-bond donors (Lipinski definition) is 3. The molecular weight excluding hydrogens is 420 g/mol. The minimum absolute atomic E-state index is 0.00360. The Labute approximate surface area is 181 Å². The number of nitrogens with zero attached hydrogens (tertiary/aromatic N) is 1. The van der Waals surface area contributed by atoms with E-state index in [-0.39, 0.29) is 10.8 Å². The van der Waals surface area contributed by atoms with Gasteiger partial charge in [-0.15, -0.1) is 0 Å². The Morgan fingerprint density at radius 2 is 1.48 bits per heavy atom. The van der Waals surface area contributed by atoms with Crippen molar-refractivity contribution in [1.29, 1.82) is 0 Å². The van der Waals surface area contributed by atoms with E-state index in [1.54, 1.807) is 12.1 Å². The summed E-state index contributed by atoms with van der Waals surface area (Å²) in [4.78, 5) is 25.7. The predicted octanol–water partition coefficient (Wildman–Crippen LogP) is 1.79. The Hall–Kier alpha value is -2.95. The van der Waals surface area contributed by atoms with E-state index in [9.17, 15) is 18.0 Å². The van der Waals surface area contributed by atoms with Crippen LogP contribution in [0.4, 0.5) is 17.1 Å². The fourth-order valence-corrected chi connectivity index (χ4v) is 4.31. The number of nitrogens with one attached hydrogen (secondary N) is 3. The van der Waals surface area contributed by atoms with Crippen LogP contribution in [-0.2, 0) is 24.3 Å². The molecule has 0 bridgehead atoms. The van der Waals surface area contributed by atoms with Gasteiger partial charge in [-0.05, 0) is 55.5 Å². The number of rotatable bonds is 7. The van der Waals surface area contributed by atoms with E-state index in [1.165, 1.54) is 38.1 Å². The van der Waals surface area contributed by atoms with Gasteiger partial charge in [-0.2, -0.15) is 4.72 Å². The Kier molecular flexibility index (Phi) is 7.26. The normalized spacial score (nSPS) is 15.2. The van der Waals surface area contributed by atoms with Crippen molar-refractivity contribution in [3.05, 3.63) is 48.5 Å². The van der Waals surface area contributed by atoms with Crippen LogP contribution in [0.3, 0.4) is 0 Å². The second kappa shape index (κ2) is 9.90. The fraction of sp³-hybridized carbons (Fsp3) is 0.333. The molecule has 0 spiro atoms. The molecule has 2 aromatic carbocycles. The molecule has 1 aliphatic heterocycles. The molecule has 0 aliphatic carbocycles. The van der Waals surface area contributed by atoms with Gasteiger partial charge in [0.1, 0.15) is 0 Å². The summed E-state index contributed by atoms with van der Waals surface area (Å²) in [7, 11) is -3.91. The lowest BCUT2D eigenvalue weighted by molar-refractivity contribution is -0.117. The van der Waals surface area contributed by atoms with Gasteiger partial charge in [0.25, 0.3) is 0 Å². The van der Waals surface area contributed by atoms with Gasteiger partial charge >= 0.3 is 0 Å². The highest BCUT2D eigenvalue weighted by atomic mass is 32.2. The highest BCUT2D eigenvalue weighted by molar-refractivity contribution is 7.89. The van der Waals surface area contributed by atoms with Crippen molar-refractivity contribution >= 4 is 38.9 Å². The van der Waals surface area contributed by atoms with E-state index >= 15 is 0 Å². The summed E-state index contributed by atoms with van der Waals surface area (Å²) < 4.78 is 32.8. The lowest BCUT2D eigenvalue weighted by Crippen LogP contribution is -2.41. The number of ether oxygens (including phenoxy) is 1. The van der Waals surface area contributed by atoms with Gasteiger partial charge in [0, 0.05) is 37.1 Å². The fourth-order valence-electron chi connectivity index (χ4n) is 3.10. The van der Waals surface area contributed by atoms with E-state index in [2.05, 4.69) is 20.3 Å². The number of sulfonamides is 1. The largest absolute Gasteiger partial charge is 0.378 e. The zero-order valence-electron chi connectivity index (χ0n) is 17.4. The van der Waals surface area contributed by atoms with Crippen LogP contribution in [0.5, 0.6) is 0 Å². The number of benzene rings is 2. The lowest BCUT2D eigenvalue weighted by Gasteiger charge is -2.29. The number of carbonyl (C=O) groups excluding carboxylic acids is 2. The minimum Gasteiger partial charge on any atom is -0.378 e. The van der Waals surface area contributed by atoms with Crippen molar-refractivity contribution in [2.24, 2.45) is 0 Å². The van der Waals surface area contributed by atoms with Crippen LogP contribution < -0.4 is 20.3 Å². The van der Waals surface area contributed by atoms with Gasteiger partial charge in [-0.3, -0.25) is 9.59 Å². The van der Waals surface area contributed by atoms with Crippen molar-refractivity contribution < 1.29 is 22.7 Å². The second-order valence-corrected chi connectivity index (χ2v) is 8.90. The molecule has 1 aliphatic rings. The summed E-state index contributed by atoms with van der Waals surface area (Å²) in [5.41, 5.74) is 2.10. The van der Waals surface area contributed by atoms with Crippen LogP contribution in [0.1, 0.15) is 13.8 Å². The summed E-state index contributed by atoms with van der Waals surface area (Å²) in [5, 5.41) is 5.29. The first-order valence-electron chi connectivity index (χ1n) is 9.88. The molecule has 1 atom stereocenters. The zero-order chi connectivity index (χ0) is 22.4. The van der Waals surface area contributed by atoms with E-state index in [4.69, 9.17) is 4.74 Å². The van der Waals surface area contributed by atoms with E-state index < -0.39 is 22.0 Å². The van der Waals surface area contributed by atoms with Gasteiger partial charge in [-0.25, -0.2) is 8.42 Å².